The highest BCUT2D eigenvalue weighted by Gasteiger charge is 1.96. The first-order chi connectivity index (χ1) is 5.24. The van der Waals surface area contributed by atoms with Crippen LogP contribution in [-0.2, 0) is 0 Å². The van der Waals surface area contributed by atoms with E-state index in [9.17, 15) is 4.79 Å². The molecule has 0 atom stereocenters. The van der Waals surface area contributed by atoms with Crippen molar-refractivity contribution >= 4 is 11.9 Å². The van der Waals surface area contributed by atoms with Gasteiger partial charge in [-0.15, -0.1) is 0 Å². The summed E-state index contributed by atoms with van der Waals surface area (Å²) in [6.45, 7) is 6.82. The van der Waals surface area contributed by atoms with Gasteiger partial charge in [-0.2, -0.15) is 0 Å². The van der Waals surface area contributed by atoms with Crippen LogP contribution >= 0.6 is 0 Å². The van der Waals surface area contributed by atoms with Crippen LogP contribution in [-0.4, -0.2) is 18.9 Å². The average molecular weight is 153 g/mol. The van der Waals surface area contributed by atoms with Gasteiger partial charge in [-0.25, -0.2) is 9.79 Å². The molecule has 0 rings (SSSR count). The van der Waals surface area contributed by atoms with Gasteiger partial charge in [0, 0.05) is 13.2 Å². The second-order valence-electron chi connectivity index (χ2n) is 1.61. The monoisotopic (exact) mass is 153 g/mol. The van der Waals surface area contributed by atoms with Gasteiger partial charge in [0.15, 0.2) is 0 Å². The number of rotatable bonds is 2. The Kier molecular flexibility index (Phi) is 4.47. The van der Waals surface area contributed by atoms with Crippen LogP contribution in [0, 0.1) is 0 Å². The fourth-order valence-corrected chi connectivity index (χ4v) is 0.413. The Morgan fingerprint density at radius 3 is 2.55 bits per heavy atom. The first-order valence-corrected chi connectivity index (χ1v) is 3.04. The molecule has 2 amide bonds. The van der Waals surface area contributed by atoms with Crippen LogP contribution < -0.4 is 10.6 Å². The molecule has 0 bridgehead atoms. The molecule has 0 fully saturated rings. The number of amides is 2. The van der Waals surface area contributed by atoms with Gasteiger partial charge in [-0.1, -0.05) is 13.2 Å². The van der Waals surface area contributed by atoms with Gasteiger partial charge < -0.3 is 5.32 Å². The van der Waals surface area contributed by atoms with Crippen LogP contribution in [0.3, 0.4) is 0 Å². The van der Waals surface area contributed by atoms with Crippen molar-refractivity contribution in [3.8, 4) is 0 Å². The molecule has 0 unspecified atom stereocenters. The van der Waals surface area contributed by atoms with Crippen molar-refractivity contribution in [2.45, 2.75) is 0 Å². The highest BCUT2D eigenvalue weighted by atomic mass is 16.2. The van der Waals surface area contributed by atoms with Crippen molar-refractivity contribution in [2.24, 2.45) is 4.99 Å². The molecule has 2 N–H and O–H groups in total. The van der Waals surface area contributed by atoms with Gasteiger partial charge in [0.05, 0.1) is 0 Å². The lowest BCUT2D eigenvalue weighted by molar-refractivity contribution is 0.247. The maximum Gasteiger partial charge on any atom is 0.320 e. The van der Waals surface area contributed by atoms with Crippen molar-refractivity contribution < 1.29 is 4.79 Å². The summed E-state index contributed by atoms with van der Waals surface area (Å²) in [5.74, 6) is 0.374. The van der Waals surface area contributed by atoms with Gasteiger partial charge in [0.25, 0.3) is 0 Å². The van der Waals surface area contributed by atoms with E-state index < -0.39 is 0 Å². The van der Waals surface area contributed by atoms with E-state index in [0.29, 0.717) is 5.84 Å². The van der Waals surface area contributed by atoms with Crippen LogP contribution in [0.2, 0.25) is 0 Å². The summed E-state index contributed by atoms with van der Waals surface area (Å²) in [4.78, 5) is 14.4. The summed E-state index contributed by atoms with van der Waals surface area (Å²) in [7, 11) is 1.52. The maximum atomic E-state index is 10.7. The molecule has 4 nitrogen and oxygen atoms in total. The molecule has 0 aliphatic heterocycles. The summed E-state index contributed by atoms with van der Waals surface area (Å²) in [6.07, 6.45) is 2.75. The van der Waals surface area contributed by atoms with E-state index in [-0.39, 0.29) is 6.03 Å². The number of hydrogen-bond acceptors (Lipinski definition) is 2. The van der Waals surface area contributed by atoms with Gasteiger partial charge >= 0.3 is 6.03 Å². The Bertz CT molecular complexity index is 196. The number of urea groups is 1. The molecule has 11 heavy (non-hydrogen) atoms. The minimum atomic E-state index is -0.328. The lowest BCUT2D eigenvalue weighted by atomic mass is 10.5. The molecular weight excluding hydrogens is 142 g/mol. The van der Waals surface area contributed by atoms with Crippen molar-refractivity contribution in [2.75, 3.05) is 7.05 Å². The first kappa shape index (κ1) is 9.42. The number of amidine groups is 1. The normalized spacial score (nSPS) is 10.1. The molecule has 0 radical (unpaired) electrons. The van der Waals surface area contributed by atoms with E-state index in [2.05, 4.69) is 28.8 Å². The van der Waals surface area contributed by atoms with Crippen LogP contribution in [0.5, 0.6) is 0 Å². The highest BCUT2D eigenvalue weighted by molar-refractivity contribution is 6.03. The molecule has 0 aromatic carbocycles. The van der Waals surface area contributed by atoms with Crippen LogP contribution in [0.4, 0.5) is 4.79 Å². The fraction of sp³-hybridized carbons (Fsp3) is 0.143. The Morgan fingerprint density at radius 2 is 2.18 bits per heavy atom. The zero-order valence-corrected chi connectivity index (χ0v) is 6.42. The first-order valence-electron chi connectivity index (χ1n) is 3.04. The number of nitrogens with one attached hydrogen (secondary N) is 2. The third-order valence-electron chi connectivity index (χ3n) is 0.892. The minimum absolute atomic E-state index is 0.328. The van der Waals surface area contributed by atoms with E-state index in [4.69, 9.17) is 0 Å². The standard InChI is InChI=1S/C7H11N3O/c1-4-6(9-5-2)10-7(11)8-3/h4-5H,1-2H2,3H3,(H2,8,9,10,11). The van der Waals surface area contributed by atoms with E-state index >= 15 is 0 Å². The Hall–Kier alpha value is -1.58. The predicted octanol–water partition coefficient (Wildman–Crippen LogP) is 0.643. The Labute approximate surface area is 65.7 Å². The maximum absolute atomic E-state index is 10.7. The molecule has 0 aromatic rings. The molecule has 0 spiro atoms. The average Bonchev–Trinajstić information content (AvgIpc) is 2.03. The predicted molar refractivity (Wildman–Crippen MR) is 45.4 cm³/mol. The van der Waals surface area contributed by atoms with Gasteiger partial charge in [0.2, 0.25) is 0 Å². The van der Waals surface area contributed by atoms with E-state index in [1.54, 1.807) is 0 Å². The number of carbonyl (C=O) groups excluding carboxylic acids is 1. The largest absolute Gasteiger partial charge is 0.341 e. The molecule has 0 aromatic heterocycles. The van der Waals surface area contributed by atoms with E-state index in [0.717, 1.165) is 0 Å². The number of carbonyl (C=O) groups is 1. The molecular formula is C7H11N3O. The van der Waals surface area contributed by atoms with Crippen LogP contribution in [0.25, 0.3) is 0 Å². The summed E-state index contributed by atoms with van der Waals surface area (Å²) >= 11 is 0. The zero-order valence-electron chi connectivity index (χ0n) is 6.42. The van der Waals surface area contributed by atoms with Crippen molar-refractivity contribution in [1.82, 2.24) is 10.6 Å². The molecule has 0 saturated carbocycles. The molecule has 60 valence electrons. The van der Waals surface area contributed by atoms with E-state index in [1.807, 2.05) is 0 Å². The van der Waals surface area contributed by atoms with Crippen LogP contribution in [0.1, 0.15) is 0 Å². The second-order valence-corrected chi connectivity index (χ2v) is 1.61. The molecule has 0 aliphatic carbocycles. The molecule has 0 aliphatic rings. The molecule has 0 heterocycles. The van der Waals surface area contributed by atoms with E-state index in [1.165, 1.54) is 19.3 Å². The lowest BCUT2D eigenvalue weighted by Gasteiger charge is -2.01. The quantitative estimate of drug-likeness (QED) is 0.444. The number of nitrogens with zero attached hydrogens (tertiary/aromatic N) is 1. The van der Waals surface area contributed by atoms with Gasteiger partial charge in [-0.05, 0) is 6.08 Å². The summed E-state index contributed by atoms with van der Waals surface area (Å²) < 4.78 is 0. The summed E-state index contributed by atoms with van der Waals surface area (Å²) in [5, 5.41) is 4.80. The topological polar surface area (TPSA) is 53.5 Å². The van der Waals surface area contributed by atoms with Crippen molar-refractivity contribution in [3.63, 3.8) is 0 Å². The smallest absolute Gasteiger partial charge is 0.320 e. The number of hydrogen-bond donors (Lipinski definition) is 2. The Balaban J connectivity index is 4.08. The zero-order chi connectivity index (χ0) is 8.69. The highest BCUT2D eigenvalue weighted by Crippen LogP contribution is 1.76. The summed E-state index contributed by atoms with van der Waals surface area (Å²) in [6, 6.07) is -0.328. The van der Waals surface area contributed by atoms with Gasteiger partial charge in [-0.3, -0.25) is 5.32 Å². The SMILES string of the molecule is C=CN=C(C=C)NC(=O)NC. The Morgan fingerprint density at radius 1 is 1.55 bits per heavy atom. The molecule has 0 saturated heterocycles. The van der Waals surface area contributed by atoms with Crippen molar-refractivity contribution in [1.29, 1.82) is 0 Å². The lowest BCUT2D eigenvalue weighted by Crippen LogP contribution is -2.36. The molecule has 4 heteroatoms. The minimum Gasteiger partial charge on any atom is -0.341 e. The van der Waals surface area contributed by atoms with Crippen LogP contribution in [0.15, 0.2) is 30.4 Å². The third-order valence-corrected chi connectivity index (χ3v) is 0.892. The van der Waals surface area contributed by atoms with Gasteiger partial charge in [0.1, 0.15) is 5.84 Å². The number of aliphatic imine (C=N–C) groups is 1. The fourth-order valence-electron chi connectivity index (χ4n) is 0.413. The third kappa shape index (κ3) is 3.91. The summed E-state index contributed by atoms with van der Waals surface area (Å²) in [5.41, 5.74) is 0. The van der Waals surface area contributed by atoms with Crippen molar-refractivity contribution in [3.05, 3.63) is 25.4 Å². The second kappa shape index (κ2) is 5.22.